The molecule has 0 saturated heterocycles. The molecule has 0 fully saturated rings. The molecule has 2 heterocycles. The highest BCUT2D eigenvalue weighted by atomic mass is 19.1. The van der Waals surface area contributed by atoms with Gasteiger partial charge in [-0.05, 0) is 24.6 Å². The summed E-state index contributed by atoms with van der Waals surface area (Å²) in [5.41, 5.74) is 1.35. The van der Waals surface area contributed by atoms with E-state index in [0.29, 0.717) is 17.5 Å². The van der Waals surface area contributed by atoms with Gasteiger partial charge < -0.3 is 4.42 Å². The molecule has 3 rings (SSSR count). The van der Waals surface area contributed by atoms with Crippen LogP contribution in [0.1, 0.15) is 30.1 Å². The van der Waals surface area contributed by atoms with Gasteiger partial charge in [0, 0.05) is 12.6 Å². The molecule has 3 aromatic rings. The van der Waals surface area contributed by atoms with Crippen molar-refractivity contribution in [3.05, 3.63) is 47.9 Å². The molecular weight excluding hydrogens is 271 g/mol. The van der Waals surface area contributed by atoms with Gasteiger partial charge >= 0.3 is 0 Å². The third-order valence-electron chi connectivity index (χ3n) is 3.18. The number of rotatable bonds is 4. The second kappa shape index (κ2) is 5.44. The van der Waals surface area contributed by atoms with Gasteiger partial charge in [0.25, 0.3) is 0 Å². The van der Waals surface area contributed by atoms with Gasteiger partial charge in [0.05, 0.1) is 11.1 Å². The maximum Gasteiger partial charge on any atom is 0.248 e. The topological polar surface area (TPSA) is 56.0 Å². The molecule has 0 aliphatic rings. The van der Waals surface area contributed by atoms with Gasteiger partial charge in [-0.3, -0.25) is 4.79 Å². The van der Waals surface area contributed by atoms with Crippen molar-refractivity contribution in [3.8, 4) is 11.5 Å². The number of aromatic nitrogens is 2. The Morgan fingerprint density at radius 1 is 1.29 bits per heavy atom. The first-order chi connectivity index (χ1) is 10.2. The highest BCUT2D eigenvalue weighted by Crippen LogP contribution is 2.27. The zero-order chi connectivity index (χ0) is 14.8. The summed E-state index contributed by atoms with van der Waals surface area (Å²) in [5.74, 6) is -0.309. The molecule has 0 radical (unpaired) electrons. The van der Waals surface area contributed by atoms with E-state index in [1.807, 2.05) is 6.92 Å². The molecule has 0 bridgehead atoms. The van der Waals surface area contributed by atoms with Gasteiger partial charge in [0.1, 0.15) is 11.3 Å². The quantitative estimate of drug-likeness (QED) is 0.679. The molecule has 0 amide bonds. The predicted octanol–water partition coefficient (Wildman–Crippen LogP) is 4.01. The van der Waals surface area contributed by atoms with Crippen LogP contribution < -0.4 is 0 Å². The summed E-state index contributed by atoms with van der Waals surface area (Å²) in [6, 6.07) is 7.82. The van der Waals surface area contributed by atoms with Crippen molar-refractivity contribution >= 4 is 17.0 Å². The molecule has 4 nitrogen and oxygen atoms in total. The van der Waals surface area contributed by atoms with E-state index in [1.54, 1.807) is 24.3 Å². The zero-order valence-corrected chi connectivity index (χ0v) is 11.5. The van der Waals surface area contributed by atoms with E-state index in [9.17, 15) is 9.18 Å². The van der Waals surface area contributed by atoms with Crippen molar-refractivity contribution in [2.45, 2.75) is 19.8 Å². The fourth-order valence-electron chi connectivity index (χ4n) is 2.17. The predicted molar refractivity (Wildman–Crippen MR) is 76.4 cm³/mol. The van der Waals surface area contributed by atoms with Gasteiger partial charge in [-0.2, -0.15) is 0 Å². The lowest BCUT2D eigenvalue weighted by Gasteiger charge is -1.98. The lowest BCUT2D eigenvalue weighted by atomic mass is 10.1. The Morgan fingerprint density at radius 2 is 2.10 bits per heavy atom. The minimum Gasteiger partial charge on any atom is -0.418 e. The highest BCUT2D eigenvalue weighted by Gasteiger charge is 2.18. The molecule has 0 aliphatic heterocycles. The molecule has 0 atom stereocenters. The van der Waals surface area contributed by atoms with Gasteiger partial charge in [-0.15, -0.1) is 0 Å². The Bertz CT molecular complexity index is 811. The van der Waals surface area contributed by atoms with Crippen LogP contribution in [0.2, 0.25) is 0 Å². The second-order valence-electron chi connectivity index (χ2n) is 4.68. The summed E-state index contributed by atoms with van der Waals surface area (Å²) in [7, 11) is 0. The fourth-order valence-corrected chi connectivity index (χ4v) is 2.17. The lowest BCUT2D eigenvalue weighted by molar-refractivity contribution is 0.0983. The van der Waals surface area contributed by atoms with Crippen LogP contribution in [0, 0.1) is 5.82 Å². The number of carbonyl (C=O) groups excluding carboxylic acids is 1. The Balaban J connectivity index is 2.15. The lowest BCUT2D eigenvalue weighted by Crippen LogP contribution is -1.99. The smallest absolute Gasteiger partial charge is 0.248 e. The largest absolute Gasteiger partial charge is 0.418 e. The van der Waals surface area contributed by atoms with Crippen LogP contribution in [0.4, 0.5) is 4.39 Å². The van der Waals surface area contributed by atoms with Crippen LogP contribution in [-0.2, 0) is 0 Å². The first-order valence-electron chi connectivity index (χ1n) is 6.74. The van der Waals surface area contributed by atoms with Crippen LogP contribution in [0.25, 0.3) is 22.7 Å². The molecule has 0 N–H and O–H groups in total. The molecule has 21 heavy (non-hydrogen) atoms. The average Bonchev–Trinajstić information content (AvgIpc) is 2.91. The van der Waals surface area contributed by atoms with E-state index in [0.717, 1.165) is 6.42 Å². The Morgan fingerprint density at radius 3 is 2.86 bits per heavy atom. The number of Topliss-reactive ketones (excluding diaryl/α,β-unsaturated/α-hetero) is 1. The maximum absolute atomic E-state index is 13.8. The van der Waals surface area contributed by atoms with Crippen LogP contribution in [0.15, 0.2) is 40.9 Å². The number of ketones is 1. The highest BCUT2D eigenvalue weighted by molar-refractivity contribution is 6.05. The summed E-state index contributed by atoms with van der Waals surface area (Å²) in [4.78, 5) is 20.4. The molecule has 1 aromatic carbocycles. The van der Waals surface area contributed by atoms with Gasteiger partial charge in [0.2, 0.25) is 11.6 Å². The first kappa shape index (κ1) is 13.4. The fraction of sp³-hybridized carbons (Fsp3) is 0.188. The summed E-state index contributed by atoms with van der Waals surface area (Å²) >= 11 is 0. The number of hydrogen-bond acceptors (Lipinski definition) is 4. The third kappa shape index (κ3) is 2.42. The van der Waals surface area contributed by atoms with Gasteiger partial charge in [-0.25, -0.2) is 14.4 Å². The summed E-state index contributed by atoms with van der Waals surface area (Å²) in [6.07, 6.45) is 2.68. The van der Waals surface area contributed by atoms with Crippen molar-refractivity contribution in [2.24, 2.45) is 0 Å². The molecule has 5 heteroatoms. The van der Waals surface area contributed by atoms with Crippen molar-refractivity contribution in [1.29, 1.82) is 0 Å². The Labute approximate surface area is 120 Å². The third-order valence-corrected chi connectivity index (χ3v) is 3.18. The molecule has 0 unspecified atom stereocenters. The van der Waals surface area contributed by atoms with Gasteiger partial charge in [0.15, 0.2) is 5.78 Å². The van der Waals surface area contributed by atoms with Crippen molar-refractivity contribution in [1.82, 2.24) is 9.97 Å². The van der Waals surface area contributed by atoms with E-state index in [-0.39, 0.29) is 23.0 Å². The average molecular weight is 284 g/mol. The van der Waals surface area contributed by atoms with Gasteiger partial charge in [-0.1, -0.05) is 19.1 Å². The van der Waals surface area contributed by atoms with E-state index >= 15 is 0 Å². The maximum atomic E-state index is 13.8. The Kier molecular flexibility index (Phi) is 3.48. The number of halogens is 1. The SMILES string of the molecule is CCCC(=O)c1ccnc2oc(-c3ccccc3F)nc12. The summed E-state index contributed by atoms with van der Waals surface area (Å²) in [6.45, 7) is 1.93. The minimum atomic E-state index is -0.425. The number of fused-ring (bicyclic) bond motifs is 1. The van der Waals surface area contributed by atoms with E-state index < -0.39 is 5.82 Å². The van der Waals surface area contributed by atoms with E-state index in [4.69, 9.17) is 4.42 Å². The normalized spacial score (nSPS) is 11.0. The van der Waals surface area contributed by atoms with E-state index in [1.165, 1.54) is 12.3 Å². The number of carbonyl (C=O) groups is 1. The Hall–Kier alpha value is -2.56. The summed E-state index contributed by atoms with van der Waals surface area (Å²) in [5, 5.41) is 0. The molecule has 2 aromatic heterocycles. The molecule has 0 aliphatic carbocycles. The number of nitrogens with zero attached hydrogens (tertiary/aromatic N) is 2. The van der Waals surface area contributed by atoms with Crippen molar-refractivity contribution < 1.29 is 13.6 Å². The molecular formula is C16H13FN2O2. The van der Waals surface area contributed by atoms with Crippen LogP contribution in [-0.4, -0.2) is 15.8 Å². The monoisotopic (exact) mass is 284 g/mol. The van der Waals surface area contributed by atoms with Crippen molar-refractivity contribution in [3.63, 3.8) is 0 Å². The van der Waals surface area contributed by atoms with Crippen LogP contribution in [0.5, 0.6) is 0 Å². The number of oxazole rings is 1. The second-order valence-corrected chi connectivity index (χ2v) is 4.68. The van der Waals surface area contributed by atoms with Crippen LogP contribution >= 0.6 is 0 Å². The zero-order valence-electron chi connectivity index (χ0n) is 11.5. The summed E-state index contributed by atoms with van der Waals surface area (Å²) < 4.78 is 19.3. The number of pyridine rings is 1. The number of hydrogen-bond donors (Lipinski definition) is 0. The van der Waals surface area contributed by atoms with Crippen molar-refractivity contribution in [2.75, 3.05) is 0 Å². The number of benzene rings is 1. The first-order valence-corrected chi connectivity index (χ1v) is 6.74. The standard InChI is InChI=1S/C16H13FN2O2/c1-2-5-13(20)11-8-9-18-16-14(11)19-15(21-16)10-6-3-4-7-12(10)17/h3-4,6-9H,2,5H2,1H3. The van der Waals surface area contributed by atoms with Crippen LogP contribution in [0.3, 0.4) is 0 Å². The molecule has 106 valence electrons. The molecule has 0 saturated carbocycles. The van der Waals surface area contributed by atoms with E-state index in [2.05, 4.69) is 9.97 Å². The minimum absolute atomic E-state index is 0.0155. The molecule has 0 spiro atoms.